The van der Waals surface area contributed by atoms with E-state index in [0.29, 0.717) is 18.8 Å². The number of methoxy groups -OCH3 is 1. The van der Waals surface area contributed by atoms with Crippen LogP contribution >= 0.6 is 0 Å². The molecule has 2 rings (SSSR count). The predicted octanol–water partition coefficient (Wildman–Crippen LogP) is 5.44. The molecule has 0 radical (unpaired) electrons. The summed E-state index contributed by atoms with van der Waals surface area (Å²) in [4.78, 5) is 14.2. The lowest BCUT2D eigenvalue weighted by molar-refractivity contribution is 0.157. The minimum atomic E-state index is -0.330. The van der Waals surface area contributed by atoms with Crippen LogP contribution in [0.3, 0.4) is 0 Å². The second kappa shape index (κ2) is 8.26. The Morgan fingerprint density at radius 2 is 1.31 bits per heavy atom. The normalized spacial score (nSPS) is 10.6. The van der Waals surface area contributed by atoms with E-state index in [4.69, 9.17) is 9.47 Å². The van der Waals surface area contributed by atoms with Crippen LogP contribution in [0.1, 0.15) is 36.1 Å². The monoisotopic (exact) mass is 355 g/mol. The second-order valence-electron chi connectivity index (χ2n) is 6.51. The summed E-state index contributed by atoms with van der Waals surface area (Å²) in [7, 11) is 1.67. The van der Waals surface area contributed by atoms with Crippen molar-refractivity contribution < 1.29 is 14.3 Å². The van der Waals surface area contributed by atoms with E-state index in [1.165, 1.54) is 5.56 Å². The highest BCUT2D eigenvalue weighted by Gasteiger charge is 2.22. The van der Waals surface area contributed by atoms with Gasteiger partial charge >= 0.3 is 6.09 Å². The van der Waals surface area contributed by atoms with Gasteiger partial charge in [0.1, 0.15) is 11.5 Å². The van der Waals surface area contributed by atoms with Crippen molar-refractivity contribution in [3.05, 3.63) is 46.5 Å². The van der Waals surface area contributed by atoms with Gasteiger partial charge in [-0.15, -0.1) is 0 Å². The smallest absolute Gasteiger partial charge is 0.415 e. The highest BCUT2D eigenvalue weighted by molar-refractivity contribution is 5.85. The minimum Gasteiger partial charge on any atom is -0.496 e. The lowest BCUT2D eigenvalue weighted by Crippen LogP contribution is -2.33. The maximum absolute atomic E-state index is 12.5. The maximum Gasteiger partial charge on any atom is 0.415 e. The molecule has 140 valence electrons. The molecule has 0 aliphatic carbocycles. The number of aryl methyl sites for hydroxylation is 2. The van der Waals surface area contributed by atoms with E-state index in [9.17, 15) is 4.79 Å². The first-order chi connectivity index (χ1) is 12.3. The summed E-state index contributed by atoms with van der Waals surface area (Å²) in [5.41, 5.74) is 6.42. The molecule has 0 aromatic heterocycles. The topological polar surface area (TPSA) is 38.8 Å². The molecule has 0 bridgehead atoms. The van der Waals surface area contributed by atoms with E-state index in [2.05, 4.69) is 27.7 Å². The number of carbonyl (C=O) groups is 1. The molecule has 1 amide bonds. The number of ether oxygens (including phenoxy) is 2. The van der Waals surface area contributed by atoms with E-state index >= 15 is 0 Å². The van der Waals surface area contributed by atoms with Crippen molar-refractivity contribution in [2.45, 2.75) is 41.5 Å². The van der Waals surface area contributed by atoms with Gasteiger partial charge < -0.3 is 14.4 Å². The average Bonchev–Trinajstić information content (AvgIpc) is 2.62. The lowest BCUT2D eigenvalue weighted by atomic mass is 9.90. The molecule has 0 unspecified atom stereocenters. The summed E-state index contributed by atoms with van der Waals surface area (Å²) < 4.78 is 11.4. The van der Waals surface area contributed by atoms with Gasteiger partial charge in [0.25, 0.3) is 0 Å². The zero-order valence-corrected chi connectivity index (χ0v) is 16.9. The minimum absolute atomic E-state index is 0.330. The first-order valence-electron chi connectivity index (χ1n) is 9.07. The van der Waals surface area contributed by atoms with Crippen LogP contribution in [0, 0.1) is 27.7 Å². The summed E-state index contributed by atoms with van der Waals surface area (Å²) in [5, 5.41) is 0. The van der Waals surface area contributed by atoms with Gasteiger partial charge in [0.15, 0.2) is 0 Å². The van der Waals surface area contributed by atoms with Crippen molar-refractivity contribution in [1.82, 2.24) is 4.90 Å². The standard InChI is InChI=1S/C22H29NO3/c1-8-23(9-2)22(24)26-19-13-11-15(4)17(6)21(19)20-16(5)14(3)10-12-18(20)25-7/h10-13H,8-9H2,1-7H3. The molecule has 4 heteroatoms. The van der Waals surface area contributed by atoms with Gasteiger partial charge in [-0.1, -0.05) is 12.1 Å². The van der Waals surface area contributed by atoms with Crippen LogP contribution in [0.5, 0.6) is 11.5 Å². The van der Waals surface area contributed by atoms with Crippen LogP contribution in [0.15, 0.2) is 24.3 Å². The SMILES string of the molecule is CCN(CC)C(=O)Oc1ccc(C)c(C)c1-c1c(OC)ccc(C)c1C. The van der Waals surface area contributed by atoms with E-state index in [0.717, 1.165) is 33.6 Å². The molecule has 0 aliphatic heterocycles. The number of nitrogens with zero attached hydrogens (tertiary/aromatic N) is 1. The average molecular weight is 355 g/mol. The molecule has 4 nitrogen and oxygen atoms in total. The summed E-state index contributed by atoms with van der Waals surface area (Å²) in [6, 6.07) is 7.88. The molecule has 26 heavy (non-hydrogen) atoms. The molecule has 0 atom stereocenters. The number of benzene rings is 2. The fourth-order valence-electron chi connectivity index (χ4n) is 3.10. The van der Waals surface area contributed by atoms with Crippen molar-refractivity contribution in [1.29, 1.82) is 0 Å². The Balaban J connectivity index is 2.68. The first-order valence-corrected chi connectivity index (χ1v) is 9.07. The molecular weight excluding hydrogens is 326 g/mol. The van der Waals surface area contributed by atoms with Crippen LogP contribution in [-0.4, -0.2) is 31.2 Å². The molecule has 2 aromatic carbocycles. The third-order valence-electron chi connectivity index (χ3n) is 5.08. The number of hydrogen-bond acceptors (Lipinski definition) is 3. The Labute approximate surface area is 156 Å². The van der Waals surface area contributed by atoms with Crippen molar-refractivity contribution in [2.24, 2.45) is 0 Å². The summed E-state index contributed by atoms with van der Waals surface area (Å²) >= 11 is 0. The zero-order chi connectivity index (χ0) is 19.4. The van der Waals surface area contributed by atoms with Gasteiger partial charge in [-0.3, -0.25) is 0 Å². The molecule has 0 saturated carbocycles. The molecule has 0 fully saturated rings. The maximum atomic E-state index is 12.5. The Morgan fingerprint density at radius 1 is 0.846 bits per heavy atom. The van der Waals surface area contributed by atoms with Crippen LogP contribution in [0.25, 0.3) is 11.1 Å². The van der Waals surface area contributed by atoms with E-state index in [-0.39, 0.29) is 6.09 Å². The van der Waals surface area contributed by atoms with Crippen LogP contribution in [-0.2, 0) is 0 Å². The van der Waals surface area contributed by atoms with Gasteiger partial charge in [-0.25, -0.2) is 4.79 Å². The number of rotatable bonds is 5. The molecule has 0 N–H and O–H groups in total. The van der Waals surface area contributed by atoms with Gasteiger partial charge in [0, 0.05) is 24.2 Å². The summed E-state index contributed by atoms with van der Waals surface area (Å²) in [6.45, 7) is 13.4. The van der Waals surface area contributed by atoms with Gasteiger partial charge in [0.2, 0.25) is 0 Å². The fourth-order valence-corrected chi connectivity index (χ4v) is 3.10. The molecule has 0 spiro atoms. The number of amides is 1. The Bertz CT molecular complexity index is 808. The third-order valence-corrected chi connectivity index (χ3v) is 5.08. The largest absolute Gasteiger partial charge is 0.496 e. The van der Waals surface area contributed by atoms with Gasteiger partial charge in [-0.2, -0.15) is 0 Å². The Morgan fingerprint density at radius 3 is 1.77 bits per heavy atom. The summed E-state index contributed by atoms with van der Waals surface area (Å²) in [6.07, 6.45) is -0.330. The molecule has 0 aliphatic rings. The molecule has 2 aromatic rings. The van der Waals surface area contributed by atoms with Crippen molar-refractivity contribution in [3.8, 4) is 22.6 Å². The van der Waals surface area contributed by atoms with Crippen molar-refractivity contribution in [2.75, 3.05) is 20.2 Å². The zero-order valence-electron chi connectivity index (χ0n) is 16.9. The van der Waals surface area contributed by atoms with Gasteiger partial charge in [0.05, 0.1) is 7.11 Å². The fraction of sp³-hybridized carbons (Fsp3) is 0.409. The van der Waals surface area contributed by atoms with Crippen molar-refractivity contribution in [3.63, 3.8) is 0 Å². The quantitative estimate of drug-likeness (QED) is 0.717. The lowest BCUT2D eigenvalue weighted by Gasteiger charge is -2.22. The number of carbonyl (C=O) groups excluding carboxylic acids is 1. The highest BCUT2D eigenvalue weighted by Crippen LogP contribution is 2.43. The third kappa shape index (κ3) is 3.69. The Kier molecular flexibility index (Phi) is 6.30. The second-order valence-corrected chi connectivity index (χ2v) is 6.51. The van der Waals surface area contributed by atoms with E-state index in [1.807, 2.05) is 38.1 Å². The van der Waals surface area contributed by atoms with Crippen LogP contribution in [0.2, 0.25) is 0 Å². The van der Waals surface area contributed by atoms with Crippen molar-refractivity contribution >= 4 is 6.09 Å². The molecule has 0 heterocycles. The summed E-state index contributed by atoms with van der Waals surface area (Å²) in [5.74, 6) is 1.35. The number of hydrogen-bond donors (Lipinski definition) is 0. The first kappa shape index (κ1) is 19.8. The Hall–Kier alpha value is -2.49. The highest BCUT2D eigenvalue weighted by atomic mass is 16.6. The van der Waals surface area contributed by atoms with Crippen LogP contribution in [0.4, 0.5) is 4.79 Å². The van der Waals surface area contributed by atoms with E-state index < -0.39 is 0 Å². The van der Waals surface area contributed by atoms with Gasteiger partial charge in [-0.05, 0) is 75.9 Å². The molecule has 0 saturated heterocycles. The van der Waals surface area contributed by atoms with Crippen LogP contribution < -0.4 is 9.47 Å². The predicted molar refractivity (Wildman–Crippen MR) is 106 cm³/mol. The molecular formula is C22H29NO3. The van der Waals surface area contributed by atoms with E-state index in [1.54, 1.807) is 12.0 Å².